The van der Waals surface area contributed by atoms with Crippen LogP contribution in [-0.4, -0.2) is 39.5 Å². The van der Waals surface area contributed by atoms with E-state index < -0.39 is 15.8 Å². The third-order valence-electron chi connectivity index (χ3n) is 3.12. The quantitative estimate of drug-likeness (QED) is 0.719. The third kappa shape index (κ3) is 3.99. The molecule has 0 spiro atoms. The van der Waals surface area contributed by atoms with Crippen LogP contribution in [0.2, 0.25) is 0 Å². The maximum Gasteiger partial charge on any atom is 0.242 e. The number of rotatable bonds is 7. The van der Waals surface area contributed by atoms with Crippen LogP contribution in [0.5, 0.6) is 0 Å². The van der Waals surface area contributed by atoms with Crippen molar-refractivity contribution in [3.8, 4) is 0 Å². The fraction of sp³-hybridized carbons (Fsp3) is 0.538. The summed E-state index contributed by atoms with van der Waals surface area (Å²) in [7, 11) is -2.05. The van der Waals surface area contributed by atoms with Gasteiger partial charge in [0.25, 0.3) is 0 Å². The number of likely N-dealkylation sites (N-methyl/N-ethyl adjacent to an activating group) is 1. The predicted octanol–water partition coefficient (Wildman–Crippen LogP) is 1.87. The topological polar surface area (TPSA) is 46.6 Å². The van der Waals surface area contributed by atoms with Gasteiger partial charge in [-0.05, 0) is 43.0 Å². The van der Waals surface area contributed by atoms with Crippen molar-refractivity contribution in [3.63, 3.8) is 0 Å². The lowest BCUT2D eigenvalue weighted by Gasteiger charge is -2.17. The summed E-state index contributed by atoms with van der Waals surface area (Å²) in [6, 6.07) is 4.83. The Morgan fingerprint density at radius 3 is 2.53 bits per heavy atom. The number of halogens is 1. The Morgan fingerprint density at radius 2 is 1.95 bits per heavy atom. The molecule has 1 saturated carbocycles. The first-order valence-corrected chi connectivity index (χ1v) is 7.74. The van der Waals surface area contributed by atoms with Crippen LogP contribution in [0.25, 0.3) is 0 Å². The van der Waals surface area contributed by atoms with Crippen LogP contribution in [0.4, 0.5) is 4.39 Å². The number of sulfonamides is 1. The lowest BCUT2D eigenvalue weighted by molar-refractivity contribution is 0.117. The van der Waals surface area contributed by atoms with E-state index in [1.807, 2.05) is 0 Å². The Balaban J connectivity index is 1.88. The third-order valence-corrected chi connectivity index (χ3v) is 4.99. The van der Waals surface area contributed by atoms with Gasteiger partial charge in [0, 0.05) is 20.2 Å². The molecule has 0 amide bonds. The fourth-order valence-electron chi connectivity index (χ4n) is 1.63. The molecule has 0 bridgehead atoms. The van der Waals surface area contributed by atoms with Crippen LogP contribution < -0.4 is 0 Å². The average molecular weight is 287 g/mol. The van der Waals surface area contributed by atoms with E-state index >= 15 is 0 Å². The molecule has 4 nitrogen and oxygen atoms in total. The number of nitrogens with zero attached hydrogens (tertiary/aromatic N) is 1. The van der Waals surface area contributed by atoms with Crippen molar-refractivity contribution in [2.24, 2.45) is 5.92 Å². The number of ether oxygens (including phenoxy) is 1. The van der Waals surface area contributed by atoms with Gasteiger partial charge in [0.2, 0.25) is 10.0 Å². The zero-order chi connectivity index (χ0) is 13.9. The molecule has 1 aliphatic carbocycles. The van der Waals surface area contributed by atoms with Crippen LogP contribution in [0, 0.1) is 11.7 Å². The maximum absolute atomic E-state index is 12.8. The smallest absolute Gasteiger partial charge is 0.242 e. The summed E-state index contributed by atoms with van der Waals surface area (Å²) < 4.78 is 43.7. The Hall–Kier alpha value is -0.980. The molecule has 0 radical (unpaired) electrons. The zero-order valence-electron chi connectivity index (χ0n) is 10.9. The van der Waals surface area contributed by atoms with Crippen molar-refractivity contribution in [3.05, 3.63) is 30.1 Å². The minimum absolute atomic E-state index is 0.0959. The number of benzene rings is 1. The van der Waals surface area contributed by atoms with Gasteiger partial charge in [-0.15, -0.1) is 0 Å². The van der Waals surface area contributed by atoms with Gasteiger partial charge in [-0.1, -0.05) is 0 Å². The van der Waals surface area contributed by atoms with Crippen molar-refractivity contribution in [1.82, 2.24) is 4.31 Å². The van der Waals surface area contributed by atoms with Crippen molar-refractivity contribution in [2.75, 3.05) is 26.8 Å². The summed E-state index contributed by atoms with van der Waals surface area (Å²) in [5, 5.41) is 0. The second kappa shape index (κ2) is 5.98. The standard InChI is InChI=1S/C13H18FNO3S/c1-15(8-9-18-10-11-2-3-11)19(16,17)13-6-4-12(14)5-7-13/h4-7,11H,2-3,8-10H2,1H3. The summed E-state index contributed by atoms with van der Waals surface area (Å²) >= 11 is 0. The normalized spacial score (nSPS) is 15.9. The van der Waals surface area contributed by atoms with Gasteiger partial charge >= 0.3 is 0 Å². The lowest BCUT2D eigenvalue weighted by Crippen LogP contribution is -2.30. The highest BCUT2D eigenvalue weighted by Crippen LogP contribution is 2.28. The molecule has 1 aliphatic rings. The van der Waals surface area contributed by atoms with E-state index in [0.717, 1.165) is 12.1 Å². The predicted molar refractivity (Wildman–Crippen MR) is 69.8 cm³/mol. The highest BCUT2D eigenvalue weighted by molar-refractivity contribution is 7.89. The van der Waals surface area contributed by atoms with Gasteiger partial charge < -0.3 is 4.74 Å². The summed E-state index contributed by atoms with van der Waals surface area (Å²) in [6.07, 6.45) is 2.42. The van der Waals surface area contributed by atoms with Crippen LogP contribution in [0.15, 0.2) is 29.2 Å². The molecule has 6 heteroatoms. The SMILES string of the molecule is CN(CCOCC1CC1)S(=O)(=O)c1ccc(F)cc1. The first-order valence-electron chi connectivity index (χ1n) is 6.30. The molecule has 0 aromatic heterocycles. The molecule has 19 heavy (non-hydrogen) atoms. The van der Waals surface area contributed by atoms with Crippen molar-refractivity contribution in [2.45, 2.75) is 17.7 Å². The van der Waals surface area contributed by atoms with Crippen molar-refractivity contribution in [1.29, 1.82) is 0 Å². The molecular formula is C13H18FNO3S. The second-order valence-corrected chi connectivity index (χ2v) is 6.84. The molecule has 0 unspecified atom stereocenters. The first kappa shape index (κ1) is 14.4. The summed E-state index contributed by atoms with van der Waals surface area (Å²) in [6.45, 7) is 1.39. The summed E-state index contributed by atoms with van der Waals surface area (Å²) in [5.41, 5.74) is 0. The molecule has 1 aromatic carbocycles. The Morgan fingerprint density at radius 1 is 1.32 bits per heavy atom. The lowest BCUT2D eigenvalue weighted by atomic mass is 10.4. The molecule has 0 N–H and O–H groups in total. The summed E-state index contributed by atoms with van der Waals surface area (Å²) in [4.78, 5) is 0.0959. The van der Waals surface area contributed by atoms with Crippen molar-refractivity contribution >= 4 is 10.0 Å². The zero-order valence-corrected chi connectivity index (χ0v) is 11.7. The first-order chi connectivity index (χ1) is 9.00. The fourth-order valence-corrected chi connectivity index (χ4v) is 2.79. The largest absolute Gasteiger partial charge is 0.380 e. The van der Waals surface area contributed by atoms with Gasteiger partial charge in [0.05, 0.1) is 11.5 Å². The molecule has 0 atom stereocenters. The molecular weight excluding hydrogens is 269 g/mol. The van der Waals surface area contributed by atoms with Gasteiger partial charge in [-0.3, -0.25) is 0 Å². The molecule has 2 rings (SSSR count). The maximum atomic E-state index is 12.8. The Bertz CT molecular complexity index is 511. The minimum atomic E-state index is -3.55. The van der Waals surface area contributed by atoms with E-state index in [2.05, 4.69) is 0 Å². The highest BCUT2D eigenvalue weighted by Gasteiger charge is 2.23. The van der Waals surface area contributed by atoms with E-state index in [1.165, 1.54) is 36.3 Å². The van der Waals surface area contributed by atoms with Crippen molar-refractivity contribution < 1.29 is 17.5 Å². The Kier molecular flexibility index (Phi) is 4.54. The molecule has 0 aliphatic heterocycles. The molecule has 106 valence electrons. The van der Waals surface area contributed by atoms with Crippen LogP contribution in [-0.2, 0) is 14.8 Å². The van der Waals surface area contributed by atoms with E-state index in [0.29, 0.717) is 25.7 Å². The van der Waals surface area contributed by atoms with E-state index in [4.69, 9.17) is 4.74 Å². The Labute approximate surface area is 113 Å². The van der Waals surface area contributed by atoms with Gasteiger partial charge in [0.1, 0.15) is 5.82 Å². The van der Waals surface area contributed by atoms with Gasteiger partial charge in [-0.2, -0.15) is 4.31 Å². The van der Waals surface area contributed by atoms with E-state index in [9.17, 15) is 12.8 Å². The average Bonchev–Trinajstić information content (AvgIpc) is 3.19. The van der Waals surface area contributed by atoms with Crippen LogP contribution >= 0.6 is 0 Å². The number of hydrogen-bond donors (Lipinski definition) is 0. The van der Waals surface area contributed by atoms with Gasteiger partial charge in [-0.25, -0.2) is 12.8 Å². The van der Waals surface area contributed by atoms with E-state index in [-0.39, 0.29) is 4.90 Å². The highest BCUT2D eigenvalue weighted by atomic mass is 32.2. The molecule has 0 saturated heterocycles. The molecule has 1 aromatic rings. The monoisotopic (exact) mass is 287 g/mol. The molecule has 0 heterocycles. The second-order valence-electron chi connectivity index (χ2n) is 4.80. The minimum Gasteiger partial charge on any atom is -0.380 e. The van der Waals surface area contributed by atoms with Crippen LogP contribution in [0.3, 0.4) is 0 Å². The molecule has 1 fully saturated rings. The number of hydrogen-bond acceptors (Lipinski definition) is 3. The van der Waals surface area contributed by atoms with Gasteiger partial charge in [0.15, 0.2) is 0 Å². The summed E-state index contributed by atoms with van der Waals surface area (Å²) in [5.74, 6) is 0.216. The van der Waals surface area contributed by atoms with E-state index in [1.54, 1.807) is 0 Å². The van der Waals surface area contributed by atoms with Crippen LogP contribution in [0.1, 0.15) is 12.8 Å².